The highest BCUT2D eigenvalue weighted by atomic mass is 32.1. The smallest absolute Gasteiger partial charge is 0.305 e. The summed E-state index contributed by atoms with van der Waals surface area (Å²) in [7, 11) is 0. The van der Waals surface area contributed by atoms with E-state index in [1.54, 1.807) is 13.0 Å². The molecule has 2 N–H and O–H groups in total. The standard InChI is InChI=1S/C16H18N2O3S/c1-9-3-4-12-11(7-9)8-13(22-12)15(19)17-18-16(20)14-10(2)5-6-21-14/h5-6,8-9H,3-4,7H2,1-2H3,(H,17,19)(H,18,20). The van der Waals surface area contributed by atoms with Crippen LogP contribution in [0.25, 0.3) is 0 Å². The third kappa shape index (κ3) is 2.92. The van der Waals surface area contributed by atoms with Crippen molar-refractivity contribution in [1.29, 1.82) is 0 Å². The summed E-state index contributed by atoms with van der Waals surface area (Å²) in [4.78, 5) is 26.0. The molecule has 5 nitrogen and oxygen atoms in total. The lowest BCUT2D eigenvalue weighted by Crippen LogP contribution is -2.41. The third-order valence-electron chi connectivity index (χ3n) is 3.91. The van der Waals surface area contributed by atoms with Crippen LogP contribution in [-0.4, -0.2) is 11.8 Å². The van der Waals surface area contributed by atoms with Gasteiger partial charge in [-0.1, -0.05) is 6.92 Å². The Morgan fingerprint density at radius 1 is 1.32 bits per heavy atom. The Hall–Kier alpha value is -2.08. The molecule has 0 bridgehead atoms. The van der Waals surface area contributed by atoms with E-state index in [1.807, 2.05) is 6.07 Å². The molecule has 0 spiro atoms. The van der Waals surface area contributed by atoms with Gasteiger partial charge in [0.05, 0.1) is 11.1 Å². The number of amides is 2. The highest BCUT2D eigenvalue weighted by Gasteiger charge is 2.21. The first-order valence-electron chi connectivity index (χ1n) is 7.31. The number of hydrazine groups is 1. The van der Waals surface area contributed by atoms with Crippen LogP contribution in [0.5, 0.6) is 0 Å². The van der Waals surface area contributed by atoms with E-state index in [2.05, 4.69) is 17.8 Å². The summed E-state index contributed by atoms with van der Waals surface area (Å²) in [5.74, 6) is 0.134. The van der Waals surface area contributed by atoms with Crippen LogP contribution in [0.2, 0.25) is 0 Å². The highest BCUT2D eigenvalue weighted by Crippen LogP contribution is 2.32. The lowest BCUT2D eigenvalue weighted by Gasteiger charge is -2.16. The maximum atomic E-state index is 12.2. The molecule has 0 saturated carbocycles. The van der Waals surface area contributed by atoms with Gasteiger partial charge in [0, 0.05) is 10.4 Å². The van der Waals surface area contributed by atoms with Crippen LogP contribution in [0.4, 0.5) is 0 Å². The number of furan rings is 1. The van der Waals surface area contributed by atoms with Crippen molar-refractivity contribution in [3.8, 4) is 0 Å². The molecule has 2 aromatic heterocycles. The van der Waals surface area contributed by atoms with Gasteiger partial charge < -0.3 is 4.42 Å². The molecule has 2 aromatic rings. The number of thiophene rings is 1. The van der Waals surface area contributed by atoms with Crippen LogP contribution >= 0.6 is 11.3 Å². The Balaban J connectivity index is 1.63. The average Bonchev–Trinajstić information content (AvgIpc) is 3.09. The van der Waals surface area contributed by atoms with Gasteiger partial charge in [0.2, 0.25) is 0 Å². The average molecular weight is 318 g/mol. The lowest BCUT2D eigenvalue weighted by molar-refractivity contribution is 0.0832. The third-order valence-corrected chi connectivity index (χ3v) is 5.15. The van der Waals surface area contributed by atoms with Crippen LogP contribution in [0.15, 0.2) is 22.8 Å². The van der Waals surface area contributed by atoms with Gasteiger partial charge in [-0.2, -0.15) is 0 Å². The Kier molecular flexibility index (Phi) is 4.02. The summed E-state index contributed by atoms with van der Waals surface area (Å²) >= 11 is 1.51. The van der Waals surface area contributed by atoms with Gasteiger partial charge in [-0.3, -0.25) is 20.4 Å². The molecular weight excluding hydrogens is 300 g/mol. The molecule has 0 radical (unpaired) electrons. The minimum Gasteiger partial charge on any atom is -0.459 e. The van der Waals surface area contributed by atoms with Gasteiger partial charge in [0.1, 0.15) is 0 Å². The molecule has 0 fully saturated rings. The zero-order chi connectivity index (χ0) is 15.7. The van der Waals surface area contributed by atoms with Crippen LogP contribution in [0.3, 0.4) is 0 Å². The molecule has 3 rings (SSSR count). The number of hydrogen-bond acceptors (Lipinski definition) is 4. The SMILES string of the molecule is Cc1ccoc1C(=O)NNC(=O)c1cc2c(s1)CCC(C)C2. The predicted octanol–water partition coefficient (Wildman–Crippen LogP) is 2.85. The van der Waals surface area contributed by atoms with E-state index < -0.39 is 5.91 Å². The quantitative estimate of drug-likeness (QED) is 0.836. The van der Waals surface area contributed by atoms with E-state index in [0.717, 1.165) is 18.4 Å². The summed E-state index contributed by atoms with van der Waals surface area (Å²) in [6.07, 6.45) is 4.67. The molecule has 1 atom stereocenters. The van der Waals surface area contributed by atoms with Crippen LogP contribution in [-0.2, 0) is 12.8 Å². The van der Waals surface area contributed by atoms with Crippen molar-refractivity contribution in [2.45, 2.75) is 33.1 Å². The number of nitrogens with one attached hydrogen (secondary N) is 2. The molecule has 6 heteroatoms. The number of carbonyl (C=O) groups excluding carboxylic acids is 2. The van der Waals surface area contributed by atoms with Crippen molar-refractivity contribution in [3.05, 3.63) is 45.0 Å². The first-order valence-corrected chi connectivity index (χ1v) is 8.12. The Bertz CT molecular complexity index is 717. The van der Waals surface area contributed by atoms with Gasteiger partial charge in [0.15, 0.2) is 5.76 Å². The summed E-state index contributed by atoms with van der Waals surface area (Å²) in [6.45, 7) is 4.00. The number of aryl methyl sites for hydroxylation is 2. The summed E-state index contributed by atoms with van der Waals surface area (Å²) in [6, 6.07) is 3.64. The number of hydrogen-bond donors (Lipinski definition) is 2. The first-order chi connectivity index (χ1) is 10.5. The van der Waals surface area contributed by atoms with E-state index in [1.165, 1.54) is 34.5 Å². The molecule has 1 aliphatic carbocycles. The molecule has 2 heterocycles. The Labute approximate surface area is 132 Å². The number of carbonyl (C=O) groups is 2. The number of rotatable bonds is 2. The molecule has 116 valence electrons. The minimum atomic E-state index is -0.453. The highest BCUT2D eigenvalue weighted by molar-refractivity contribution is 7.14. The van der Waals surface area contributed by atoms with Crippen molar-refractivity contribution in [1.82, 2.24) is 10.9 Å². The van der Waals surface area contributed by atoms with Crippen molar-refractivity contribution in [3.63, 3.8) is 0 Å². The summed E-state index contributed by atoms with van der Waals surface area (Å²) < 4.78 is 5.08. The largest absolute Gasteiger partial charge is 0.459 e. The van der Waals surface area contributed by atoms with Crippen LogP contribution < -0.4 is 10.9 Å². The van der Waals surface area contributed by atoms with E-state index in [0.29, 0.717) is 10.8 Å². The fraction of sp³-hybridized carbons (Fsp3) is 0.375. The van der Waals surface area contributed by atoms with Gasteiger partial charge in [0.25, 0.3) is 5.91 Å². The molecule has 0 aromatic carbocycles. The Morgan fingerprint density at radius 2 is 2.09 bits per heavy atom. The zero-order valence-corrected chi connectivity index (χ0v) is 13.4. The molecule has 2 amide bonds. The molecular formula is C16H18N2O3S. The van der Waals surface area contributed by atoms with Gasteiger partial charge in [-0.25, -0.2) is 0 Å². The van der Waals surface area contributed by atoms with E-state index >= 15 is 0 Å². The summed E-state index contributed by atoms with van der Waals surface area (Å²) in [5, 5.41) is 0. The van der Waals surface area contributed by atoms with Crippen LogP contribution in [0, 0.1) is 12.8 Å². The van der Waals surface area contributed by atoms with E-state index in [9.17, 15) is 9.59 Å². The zero-order valence-electron chi connectivity index (χ0n) is 12.6. The molecule has 1 unspecified atom stereocenters. The topological polar surface area (TPSA) is 71.3 Å². The van der Waals surface area contributed by atoms with Gasteiger partial charge >= 0.3 is 5.91 Å². The van der Waals surface area contributed by atoms with Crippen molar-refractivity contribution in [2.75, 3.05) is 0 Å². The summed E-state index contributed by atoms with van der Waals surface area (Å²) in [5.41, 5.74) is 6.83. The molecule has 1 aliphatic rings. The lowest BCUT2D eigenvalue weighted by atomic mass is 9.90. The van der Waals surface area contributed by atoms with Crippen molar-refractivity contribution in [2.24, 2.45) is 5.92 Å². The molecule has 0 saturated heterocycles. The molecule has 0 aliphatic heterocycles. The second-order valence-electron chi connectivity index (χ2n) is 5.75. The first kappa shape index (κ1) is 14.8. The fourth-order valence-electron chi connectivity index (χ4n) is 2.65. The fourth-order valence-corrected chi connectivity index (χ4v) is 3.76. The van der Waals surface area contributed by atoms with Crippen molar-refractivity contribution >= 4 is 23.2 Å². The van der Waals surface area contributed by atoms with Gasteiger partial charge in [-0.15, -0.1) is 11.3 Å². The number of fused-ring (bicyclic) bond motifs is 1. The minimum absolute atomic E-state index is 0.208. The second kappa shape index (κ2) is 5.96. The maximum Gasteiger partial charge on any atom is 0.305 e. The van der Waals surface area contributed by atoms with Gasteiger partial charge in [-0.05, 0) is 49.8 Å². The van der Waals surface area contributed by atoms with E-state index in [4.69, 9.17) is 4.42 Å². The maximum absolute atomic E-state index is 12.2. The normalized spacial score (nSPS) is 16.9. The second-order valence-corrected chi connectivity index (χ2v) is 6.88. The Morgan fingerprint density at radius 3 is 2.82 bits per heavy atom. The molecule has 22 heavy (non-hydrogen) atoms. The van der Waals surface area contributed by atoms with Crippen molar-refractivity contribution < 1.29 is 14.0 Å². The van der Waals surface area contributed by atoms with E-state index in [-0.39, 0.29) is 11.7 Å². The monoisotopic (exact) mass is 318 g/mol. The van der Waals surface area contributed by atoms with Crippen LogP contribution in [0.1, 0.15) is 49.6 Å². The predicted molar refractivity (Wildman–Crippen MR) is 83.9 cm³/mol.